The summed E-state index contributed by atoms with van der Waals surface area (Å²) >= 11 is 0. The average molecular weight is 180 g/mol. The van der Waals surface area contributed by atoms with Crippen molar-refractivity contribution in [1.82, 2.24) is 0 Å². The number of fused-ring (bicyclic) bond motifs is 2. The molecular formula is C11H16O2. The standard InChI is InChI=1S/C11H16O2/c1-11(2)8-4-3-7(5-8)10(11)9(13)6-12/h6-8,10H,3-5H2,1-2H3/t7-,8+,10-/m0/s1. The van der Waals surface area contributed by atoms with E-state index in [9.17, 15) is 9.59 Å². The van der Waals surface area contributed by atoms with E-state index in [0.717, 1.165) is 12.8 Å². The average Bonchev–Trinajstić information content (AvgIpc) is 2.60. The van der Waals surface area contributed by atoms with Crippen LogP contribution in [-0.2, 0) is 9.59 Å². The molecule has 0 heterocycles. The Labute approximate surface area is 78.7 Å². The van der Waals surface area contributed by atoms with Crippen LogP contribution in [0.15, 0.2) is 0 Å². The van der Waals surface area contributed by atoms with Gasteiger partial charge < -0.3 is 0 Å². The smallest absolute Gasteiger partial charge is 0.199 e. The van der Waals surface area contributed by atoms with Crippen LogP contribution in [-0.4, -0.2) is 12.1 Å². The minimum atomic E-state index is -0.169. The first-order valence-electron chi connectivity index (χ1n) is 5.06. The molecule has 0 saturated heterocycles. The number of carbonyl (C=O) groups is 2. The molecule has 0 aliphatic heterocycles. The molecule has 2 aliphatic carbocycles. The Bertz CT molecular complexity index is 255. The molecule has 2 saturated carbocycles. The Hall–Kier alpha value is -0.660. The molecule has 2 bridgehead atoms. The van der Waals surface area contributed by atoms with Crippen LogP contribution < -0.4 is 0 Å². The third kappa shape index (κ3) is 1.07. The molecule has 2 aliphatic rings. The van der Waals surface area contributed by atoms with Crippen LogP contribution in [0.4, 0.5) is 0 Å². The fraction of sp³-hybridized carbons (Fsp3) is 0.818. The first-order valence-corrected chi connectivity index (χ1v) is 5.06. The lowest BCUT2D eigenvalue weighted by Crippen LogP contribution is -2.36. The lowest BCUT2D eigenvalue weighted by atomic mass is 9.67. The second-order valence-electron chi connectivity index (χ2n) is 5.09. The Morgan fingerprint density at radius 3 is 2.54 bits per heavy atom. The molecule has 13 heavy (non-hydrogen) atoms. The van der Waals surface area contributed by atoms with Gasteiger partial charge in [-0.15, -0.1) is 0 Å². The van der Waals surface area contributed by atoms with Gasteiger partial charge in [-0.1, -0.05) is 13.8 Å². The van der Waals surface area contributed by atoms with Gasteiger partial charge in [-0.25, -0.2) is 0 Å². The maximum Gasteiger partial charge on any atom is 0.199 e. The Kier molecular flexibility index (Phi) is 1.83. The van der Waals surface area contributed by atoms with Gasteiger partial charge in [-0.2, -0.15) is 0 Å². The summed E-state index contributed by atoms with van der Waals surface area (Å²) in [5.74, 6) is 1.02. The highest BCUT2D eigenvalue weighted by Gasteiger charge is 2.55. The molecule has 0 aromatic rings. The summed E-state index contributed by atoms with van der Waals surface area (Å²) in [7, 11) is 0. The van der Waals surface area contributed by atoms with E-state index in [0.29, 0.717) is 18.1 Å². The second kappa shape index (κ2) is 2.66. The Balaban J connectivity index is 2.28. The monoisotopic (exact) mass is 180 g/mol. The van der Waals surface area contributed by atoms with Gasteiger partial charge in [-0.05, 0) is 36.5 Å². The van der Waals surface area contributed by atoms with E-state index >= 15 is 0 Å². The highest BCUT2D eigenvalue weighted by Crippen LogP contribution is 2.59. The normalized spacial score (nSPS) is 40.6. The van der Waals surface area contributed by atoms with Gasteiger partial charge >= 0.3 is 0 Å². The molecule has 2 heteroatoms. The number of carbonyl (C=O) groups excluding carboxylic acids is 2. The Morgan fingerprint density at radius 1 is 1.38 bits per heavy atom. The van der Waals surface area contributed by atoms with Gasteiger partial charge in [0.2, 0.25) is 0 Å². The minimum absolute atomic E-state index is 0.0174. The molecule has 72 valence electrons. The van der Waals surface area contributed by atoms with E-state index in [4.69, 9.17) is 0 Å². The zero-order chi connectivity index (χ0) is 9.64. The van der Waals surface area contributed by atoms with Gasteiger partial charge in [0.1, 0.15) is 0 Å². The van der Waals surface area contributed by atoms with Crippen LogP contribution >= 0.6 is 0 Å². The van der Waals surface area contributed by atoms with Crippen LogP contribution in [0.1, 0.15) is 33.1 Å². The van der Waals surface area contributed by atoms with Crippen molar-refractivity contribution in [3.63, 3.8) is 0 Å². The molecule has 0 aromatic carbocycles. The van der Waals surface area contributed by atoms with Crippen molar-refractivity contribution >= 4 is 12.1 Å². The largest absolute Gasteiger partial charge is 0.295 e. The minimum Gasteiger partial charge on any atom is -0.295 e. The molecule has 2 rings (SSSR count). The first kappa shape index (κ1) is 8.92. The molecule has 0 N–H and O–H groups in total. The van der Waals surface area contributed by atoms with Crippen molar-refractivity contribution in [3.05, 3.63) is 0 Å². The number of rotatable bonds is 2. The van der Waals surface area contributed by atoms with Crippen molar-refractivity contribution in [2.75, 3.05) is 0 Å². The summed E-state index contributed by atoms with van der Waals surface area (Å²) < 4.78 is 0. The van der Waals surface area contributed by atoms with E-state index in [-0.39, 0.29) is 17.1 Å². The predicted molar refractivity (Wildman–Crippen MR) is 49.2 cm³/mol. The predicted octanol–water partition coefficient (Wildman–Crippen LogP) is 1.83. The summed E-state index contributed by atoms with van der Waals surface area (Å²) in [4.78, 5) is 22.0. The van der Waals surface area contributed by atoms with Crippen molar-refractivity contribution in [2.45, 2.75) is 33.1 Å². The molecular weight excluding hydrogens is 164 g/mol. The van der Waals surface area contributed by atoms with Crippen molar-refractivity contribution in [1.29, 1.82) is 0 Å². The van der Waals surface area contributed by atoms with Crippen molar-refractivity contribution < 1.29 is 9.59 Å². The zero-order valence-electron chi connectivity index (χ0n) is 8.25. The highest BCUT2D eigenvalue weighted by atomic mass is 16.2. The van der Waals surface area contributed by atoms with E-state index < -0.39 is 0 Å². The van der Waals surface area contributed by atoms with E-state index in [1.165, 1.54) is 6.42 Å². The van der Waals surface area contributed by atoms with Crippen molar-refractivity contribution in [3.8, 4) is 0 Å². The van der Waals surface area contributed by atoms with Crippen molar-refractivity contribution in [2.24, 2.45) is 23.2 Å². The third-order valence-corrected chi connectivity index (χ3v) is 4.22. The molecule has 0 amide bonds. The molecule has 0 radical (unpaired) electrons. The fourth-order valence-corrected chi connectivity index (χ4v) is 3.53. The van der Waals surface area contributed by atoms with Crippen LogP contribution in [0.2, 0.25) is 0 Å². The Morgan fingerprint density at radius 2 is 2.08 bits per heavy atom. The molecule has 0 unspecified atom stereocenters. The maximum absolute atomic E-state index is 11.5. The van der Waals surface area contributed by atoms with Gasteiger partial charge in [0.05, 0.1) is 0 Å². The van der Waals surface area contributed by atoms with Crippen LogP contribution in [0.3, 0.4) is 0 Å². The summed E-state index contributed by atoms with van der Waals surface area (Å²) in [5.41, 5.74) is 0.0703. The molecule has 2 fully saturated rings. The molecule has 2 nitrogen and oxygen atoms in total. The highest BCUT2D eigenvalue weighted by molar-refractivity contribution is 6.26. The van der Waals surface area contributed by atoms with Crippen LogP contribution in [0, 0.1) is 23.2 Å². The lowest BCUT2D eigenvalue weighted by Gasteiger charge is -2.36. The number of Topliss-reactive ketones (excluding diaryl/α,β-unsaturated/α-hetero) is 1. The molecule has 0 spiro atoms. The maximum atomic E-state index is 11.5. The lowest BCUT2D eigenvalue weighted by molar-refractivity contribution is -0.136. The summed E-state index contributed by atoms with van der Waals surface area (Å²) in [6.45, 7) is 4.28. The molecule has 3 atom stereocenters. The van der Waals surface area contributed by atoms with Gasteiger partial charge in [-0.3, -0.25) is 9.59 Å². The summed E-state index contributed by atoms with van der Waals surface area (Å²) in [6, 6.07) is 0. The summed E-state index contributed by atoms with van der Waals surface area (Å²) in [5, 5.41) is 0. The number of hydrogen-bond donors (Lipinski definition) is 0. The second-order valence-corrected chi connectivity index (χ2v) is 5.09. The SMILES string of the molecule is CC1(C)[C@@H]2CC[C@@H](C2)[C@H]1C(=O)C=O. The molecule has 0 aromatic heterocycles. The topological polar surface area (TPSA) is 34.1 Å². The van der Waals surface area contributed by atoms with Gasteiger partial charge in [0, 0.05) is 5.92 Å². The van der Waals surface area contributed by atoms with Gasteiger partial charge in [0.15, 0.2) is 12.1 Å². The zero-order valence-corrected chi connectivity index (χ0v) is 8.25. The van der Waals surface area contributed by atoms with Crippen LogP contribution in [0.5, 0.6) is 0 Å². The van der Waals surface area contributed by atoms with E-state index in [1.807, 2.05) is 0 Å². The summed E-state index contributed by atoms with van der Waals surface area (Å²) in [6.07, 6.45) is 4.09. The quantitative estimate of drug-likeness (QED) is 0.480. The number of ketones is 1. The fourth-order valence-electron chi connectivity index (χ4n) is 3.53. The first-order chi connectivity index (χ1) is 6.07. The third-order valence-electron chi connectivity index (χ3n) is 4.22. The number of aldehydes is 1. The van der Waals surface area contributed by atoms with Gasteiger partial charge in [0.25, 0.3) is 0 Å². The van der Waals surface area contributed by atoms with E-state index in [1.54, 1.807) is 0 Å². The number of hydrogen-bond acceptors (Lipinski definition) is 2. The van der Waals surface area contributed by atoms with E-state index in [2.05, 4.69) is 13.8 Å². The van der Waals surface area contributed by atoms with Crippen LogP contribution in [0.25, 0.3) is 0 Å².